The van der Waals surface area contributed by atoms with Gasteiger partial charge in [0.25, 0.3) is 0 Å². The summed E-state index contributed by atoms with van der Waals surface area (Å²) in [5, 5.41) is 33.8. The van der Waals surface area contributed by atoms with Gasteiger partial charge in [0.1, 0.15) is 18.3 Å². The molecule has 7 nitrogen and oxygen atoms in total. The third kappa shape index (κ3) is 2.65. The second kappa shape index (κ2) is 6.01. The van der Waals surface area contributed by atoms with Gasteiger partial charge in [-0.3, -0.25) is 4.57 Å². The molecule has 1 aliphatic carbocycles. The molecule has 2 heterocycles. The fraction of sp³-hybridized carbons (Fsp3) is 0.533. The zero-order chi connectivity index (χ0) is 17.0. The van der Waals surface area contributed by atoms with Crippen LogP contribution in [0.15, 0.2) is 12.1 Å². The molecule has 4 N–H and O–H groups in total. The lowest BCUT2D eigenvalue weighted by Crippen LogP contribution is -2.33. The summed E-state index contributed by atoms with van der Waals surface area (Å²) in [4.78, 5) is 4.52. The first-order valence-corrected chi connectivity index (χ1v) is 8.51. The van der Waals surface area contributed by atoms with E-state index in [4.69, 9.17) is 27.9 Å². The van der Waals surface area contributed by atoms with Crippen molar-refractivity contribution in [3.05, 3.63) is 22.2 Å². The number of anilines is 1. The summed E-state index contributed by atoms with van der Waals surface area (Å²) in [6, 6.07) is 3.62. The van der Waals surface area contributed by atoms with Crippen molar-refractivity contribution in [1.29, 1.82) is 0 Å². The van der Waals surface area contributed by atoms with Crippen molar-refractivity contribution in [2.75, 3.05) is 11.9 Å². The van der Waals surface area contributed by atoms with Crippen molar-refractivity contribution in [2.24, 2.45) is 0 Å². The monoisotopic (exact) mass is 373 g/mol. The lowest BCUT2D eigenvalue weighted by molar-refractivity contribution is -0.0499. The zero-order valence-electron chi connectivity index (χ0n) is 12.6. The summed E-state index contributed by atoms with van der Waals surface area (Å²) < 4.78 is 7.32. The summed E-state index contributed by atoms with van der Waals surface area (Å²) in [5.74, 6) is 0.515. The van der Waals surface area contributed by atoms with E-state index in [9.17, 15) is 15.3 Å². The van der Waals surface area contributed by atoms with E-state index in [1.165, 1.54) is 0 Å². The van der Waals surface area contributed by atoms with E-state index in [0.717, 1.165) is 12.8 Å². The van der Waals surface area contributed by atoms with Crippen LogP contribution < -0.4 is 5.32 Å². The molecule has 2 fully saturated rings. The minimum absolute atomic E-state index is 0.323. The minimum Gasteiger partial charge on any atom is -0.394 e. The summed E-state index contributed by atoms with van der Waals surface area (Å²) in [6.45, 7) is -0.390. The summed E-state index contributed by atoms with van der Waals surface area (Å²) >= 11 is 12.2. The van der Waals surface area contributed by atoms with Crippen LogP contribution in [0.3, 0.4) is 0 Å². The zero-order valence-corrected chi connectivity index (χ0v) is 14.1. The highest BCUT2D eigenvalue weighted by Gasteiger charge is 2.45. The Hall–Kier alpha value is -1.09. The first-order chi connectivity index (χ1) is 11.5. The molecule has 0 spiro atoms. The van der Waals surface area contributed by atoms with Crippen LogP contribution in [0.2, 0.25) is 10.0 Å². The Morgan fingerprint density at radius 1 is 1.21 bits per heavy atom. The molecule has 1 aromatic carbocycles. The van der Waals surface area contributed by atoms with E-state index in [-0.39, 0.29) is 6.61 Å². The average molecular weight is 374 g/mol. The maximum absolute atomic E-state index is 10.4. The molecule has 0 radical (unpaired) electrons. The number of nitrogens with one attached hydrogen (secondary N) is 1. The van der Waals surface area contributed by atoms with Gasteiger partial charge in [-0.1, -0.05) is 23.2 Å². The molecule has 0 bridgehead atoms. The fourth-order valence-corrected chi connectivity index (χ4v) is 3.27. The van der Waals surface area contributed by atoms with Gasteiger partial charge in [0.05, 0.1) is 27.7 Å². The van der Waals surface area contributed by atoms with Crippen LogP contribution in [-0.2, 0) is 4.74 Å². The maximum Gasteiger partial charge on any atom is 0.206 e. The summed E-state index contributed by atoms with van der Waals surface area (Å²) in [5.41, 5.74) is 1.23. The molecule has 24 heavy (non-hydrogen) atoms. The van der Waals surface area contributed by atoms with Crippen LogP contribution in [0.5, 0.6) is 0 Å². The van der Waals surface area contributed by atoms with Crippen LogP contribution in [-0.4, -0.2) is 55.8 Å². The molecule has 1 aliphatic heterocycles. The van der Waals surface area contributed by atoms with Gasteiger partial charge in [-0.2, -0.15) is 0 Å². The average Bonchev–Trinajstić information content (AvgIpc) is 3.25. The number of nitrogens with zero attached hydrogens (tertiary/aromatic N) is 2. The third-order valence-corrected chi connectivity index (χ3v) is 5.14. The maximum atomic E-state index is 10.4. The Labute approximate surface area is 147 Å². The van der Waals surface area contributed by atoms with Crippen LogP contribution in [0.4, 0.5) is 5.95 Å². The molecule has 1 aromatic heterocycles. The normalized spacial score (nSPS) is 30.2. The van der Waals surface area contributed by atoms with Gasteiger partial charge in [0.2, 0.25) is 5.95 Å². The quantitative estimate of drug-likeness (QED) is 0.648. The lowest BCUT2D eigenvalue weighted by atomic mass is 10.1. The number of rotatable bonds is 4. The van der Waals surface area contributed by atoms with Crippen molar-refractivity contribution in [1.82, 2.24) is 9.55 Å². The van der Waals surface area contributed by atoms with Crippen molar-refractivity contribution in [2.45, 2.75) is 43.4 Å². The molecule has 4 rings (SSSR count). The molecule has 9 heteroatoms. The van der Waals surface area contributed by atoms with Gasteiger partial charge < -0.3 is 25.4 Å². The molecule has 2 aromatic rings. The second-order valence-corrected chi connectivity index (χ2v) is 7.02. The van der Waals surface area contributed by atoms with E-state index in [1.807, 2.05) is 0 Å². The Bertz CT molecular complexity index is 780. The Morgan fingerprint density at radius 2 is 1.92 bits per heavy atom. The molecule has 0 amide bonds. The number of ether oxygens (including phenoxy) is 1. The number of benzene rings is 1. The van der Waals surface area contributed by atoms with Crippen molar-refractivity contribution in [3.8, 4) is 0 Å². The van der Waals surface area contributed by atoms with Gasteiger partial charge >= 0.3 is 0 Å². The summed E-state index contributed by atoms with van der Waals surface area (Å²) in [7, 11) is 0. The van der Waals surface area contributed by atoms with Gasteiger partial charge in [0.15, 0.2) is 6.23 Å². The first-order valence-electron chi connectivity index (χ1n) is 7.75. The van der Waals surface area contributed by atoms with Gasteiger partial charge in [-0.15, -0.1) is 0 Å². The Morgan fingerprint density at radius 3 is 2.54 bits per heavy atom. The third-order valence-electron chi connectivity index (χ3n) is 4.41. The van der Waals surface area contributed by atoms with Gasteiger partial charge in [0, 0.05) is 6.04 Å². The highest BCUT2D eigenvalue weighted by molar-refractivity contribution is 6.42. The topological polar surface area (TPSA) is 99.8 Å². The predicted octanol–water partition coefficient (Wildman–Crippen LogP) is 1.53. The van der Waals surface area contributed by atoms with Crippen LogP contribution in [0.1, 0.15) is 19.1 Å². The van der Waals surface area contributed by atoms with E-state index in [0.29, 0.717) is 33.1 Å². The van der Waals surface area contributed by atoms with Crippen molar-refractivity contribution < 1.29 is 20.1 Å². The molecule has 1 saturated carbocycles. The fourth-order valence-electron chi connectivity index (χ4n) is 2.95. The van der Waals surface area contributed by atoms with Gasteiger partial charge in [-0.25, -0.2) is 4.98 Å². The number of aliphatic hydroxyl groups excluding tert-OH is 3. The van der Waals surface area contributed by atoms with Crippen LogP contribution in [0.25, 0.3) is 11.0 Å². The number of hydrogen-bond acceptors (Lipinski definition) is 6. The number of aliphatic hydroxyl groups is 3. The van der Waals surface area contributed by atoms with E-state index < -0.39 is 24.5 Å². The first kappa shape index (κ1) is 16.4. The van der Waals surface area contributed by atoms with E-state index in [1.54, 1.807) is 16.7 Å². The highest BCUT2D eigenvalue weighted by atomic mass is 35.5. The molecule has 1 saturated heterocycles. The Kier molecular flexibility index (Phi) is 4.11. The Balaban J connectivity index is 1.83. The number of imidazole rings is 1. The molecule has 4 atom stereocenters. The number of aromatic nitrogens is 2. The van der Waals surface area contributed by atoms with Crippen molar-refractivity contribution in [3.63, 3.8) is 0 Å². The molecule has 130 valence electrons. The lowest BCUT2D eigenvalue weighted by Gasteiger charge is -2.20. The van der Waals surface area contributed by atoms with Crippen LogP contribution in [0, 0.1) is 0 Å². The second-order valence-electron chi connectivity index (χ2n) is 6.21. The SMILES string of the molecule is OC[C@@H]1O[C@@H](n2c(NC3CC3)nc3cc(Cl)c(Cl)cc32)[C@H](O)[C@H]1O. The largest absolute Gasteiger partial charge is 0.394 e. The molecular formula is C15H17Cl2N3O4. The van der Waals surface area contributed by atoms with Crippen molar-refractivity contribution >= 4 is 40.2 Å². The van der Waals surface area contributed by atoms with E-state index >= 15 is 0 Å². The predicted molar refractivity (Wildman–Crippen MR) is 89.4 cm³/mol. The molecule has 2 aliphatic rings. The summed E-state index contributed by atoms with van der Waals surface area (Å²) in [6.07, 6.45) is -2.05. The molecular weight excluding hydrogens is 357 g/mol. The standard InChI is InChI=1S/C15H17Cl2N3O4/c16-7-3-9-10(4-8(7)17)20(15(19-9)18-6-1-2-6)14-13(23)12(22)11(5-21)24-14/h3-4,6,11-14,21-23H,1-2,5H2,(H,18,19)/t11-,12-,13+,14+/m0/s1. The number of halogens is 2. The molecule has 0 unspecified atom stereocenters. The van der Waals surface area contributed by atoms with Crippen LogP contribution >= 0.6 is 23.2 Å². The highest BCUT2D eigenvalue weighted by Crippen LogP contribution is 2.38. The van der Waals surface area contributed by atoms with Gasteiger partial charge in [-0.05, 0) is 25.0 Å². The number of hydrogen-bond donors (Lipinski definition) is 4. The van der Waals surface area contributed by atoms with E-state index in [2.05, 4.69) is 10.3 Å². The smallest absolute Gasteiger partial charge is 0.206 e. The number of fused-ring (bicyclic) bond motifs is 1. The minimum atomic E-state index is -1.20.